The highest BCUT2D eigenvalue weighted by Crippen LogP contribution is 2.29. The Kier molecular flexibility index (Phi) is 8.25. The topological polar surface area (TPSA) is 103 Å². The van der Waals surface area contributed by atoms with Crippen molar-refractivity contribution in [2.75, 3.05) is 30.4 Å². The van der Waals surface area contributed by atoms with E-state index in [4.69, 9.17) is 25.8 Å². The first kappa shape index (κ1) is 25.2. The van der Waals surface area contributed by atoms with Gasteiger partial charge in [-0.25, -0.2) is 8.42 Å². The number of methoxy groups -OCH3 is 1. The largest absolute Gasteiger partial charge is 0.495 e. The van der Waals surface area contributed by atoms with E-state index in [0.717, 1.165) is 5.56 Å². The summed E-state index contributed by atoms with van der Waals surface area (Å²) in [7, 11) is -2.37. The second-order valence-electron chi connectivity index (χ2n) is 7.20. The van der Waals surface area contributed by atoms with E-state index < -0.39 is 15.9 Å². The number of aryl methyl sites for hydroxylation is 1. The van der Waals surface area contributed by atoms with Crippen molar-refractivity contribution in [2.45, 2.75) is 18.7 Å². The van der Waals surface area contributed by atoms with Crippen molar-refractivity contribution in [1.82, 2.24) is 0 Å². The minimum Gasteiger partial charge on any atom is -0.495 e. The second-order valence-corrected chi connectivity index (χ2v) is 9.29. The molecule has 0 aliphatic carbocycles. The molecule has 2 N–H and O–H groups in total. The van der Waals surface area contributed by atoms with Crippen LogP contribution in [0.1, 0.15) is 12.5 Å². The number of carbonyl (C=O) groups excluding carboxylic acids is 1. The molecule has 3 rings (SSSR count). The summed E-state index contributed by atoms with van der Waals surface area (Å²) in [6.45, 7) is 3.94. The molecule has 0 spiro atoms. The van der Waals surface area contributed by atoms with Crippen LogP contribution in [0.5, 0.6) is 17.2 Å². The number of halogens is 1. The van der Waals surface area contributed by atoms with Crippen molar-refractivity contribution in [2.24, 2.45) is 0 Å². The summed E-state index contributed by atoms with van der Waals surface area (Å²) in [4.78, 5) is 12.3. The molecule has 34 heavy (non-hydrogen) atoms. The van der Waals surface area contributed by atoms with Crippen molar-refractivity contribution in [3.63, 3.8) is 0 Å². The first-order chi connectivity index (χ1) is 16.2. The van der Waals surface area contributed by atoms with Crippen LogP contribution in [0.2, 0.25) is 5.02 Å². The van der Waals surface area contributed by atoms with Crippen LogP contribution in [0, 0.1) is 6.92 Å². The van der Waals surface area contributed by atoms with Crippen molar-refractivity contribution in [3.05, 3.63) is 71.2 Å². The number of benzene rings is 3. The summed E-state index contributed by atoms with van der Waals surface area (Å²) >= 11 is 6.22. The number of ether oxygens (including phenoxy) is 3. The SMILES string of the molecule is CCOc1ccc(NS(=O)(=O)c2ccc(OCC(=O)Nc3cc(C)ccc3OC)c(Cl)c2)cc1. The van der Waals surface area contributed by atoms with E-state index in [1.54, 1.807) is 36.4 Å². The van der Waals surface area contributed by atoms with Gasteiger partial charge in [-0.15, -0.1) is 0 Å². The molecule has 3 aromatic rings. The smallest absolute Gasteiger partial charge is 0.262 e. The van der Waals surface area contributed by atoms with E-state index in [1.807, 2.05) is 19.9 Å². The lowest BCUT2D eigenvalue weighted by molar-refractivity contribution is -0.118. The predicted molar refractivity (Wildman–Crippen MR) is 132 cm³/mol. The minimum atomic E-state index is -3.89. The van der Waals surface area contributed by atoms with Gasteiger partial charge < -0.3 is 19.5 Å². The molecule has 0 saturated heterocycles. The molecule has 0 fully saturated rings. The highest BCUT2D eigenvalue weighted by atomic mass is 35.5. The van der Waals surface area contributed by atoms with E-state index in [2.05, 4.69) is 10.0 Å². The molecule has 0 aliphatic rings. The zero-order valence-corrected chi connectivity index (χ0v) is 20.5. The Morgan fingerprint density at radius 1 is 0.971 bits per heavy atom. The zero-order chi connectivity index (χ0) is 24.7. The van der Waals surface area contributed by atoms with Gasteiger partial charge in [-0.05, 0) is 74.0 Å². The van der Waals surface area contributed by atoms with Crippen molar-refractivity contribution in [3.8, 4) is 17.2 Å². The maximum absolute atomic E-state index is 12.7. The van der Waals surface area contributed by atoms with E-state index >= 15 is 0 Å². The molecule has 0 heterocycles. The lowest BCUT2D eigenvalue weighted by atomic mass is 10.2. The summed E-state index contributed by atoms with van der Waals surface area (Å²) in [5.74, 6) is 0.910. The molecule has 180 valence electrons. The summed E-state index contributed by atoms with van der Waals surface area (Å²) < 4.78 is 44.0. The maximum atomic E-state index is 12.7. The van der Waals surface area contributed by atoms with Gasteiger partial charge in [-0.2, -0.15) is 0 Å². The summed E-state index contributed by atoms with van der Waals surface area (Å²) in [5.41, 5.74) is 1.85. The van der Waals surface area contributed by atoms with Gasteiger partial charge in [0, 0.05) is 5.69 Å². The van der Waals surface area contributed by atoms with E-state index in [0.29, 0.717) is 29.5 Å². The van der Waals surface area contributed by atoms with Crippen LogP contribution in [0.3, 0.4) is 0 Å². The number of nitrogens with one attached hydrogen (secondary N) is 2. The maximum Gasteiger partial charge on any atom is 0.262 e. The molecule has 8 nitrogen and oxygen atoms in total. The van der Waals surface area contributed by atoms with E-state index in [1.165, 1.54) is 25.3 Å². The van der Waals surface area contributed by atoms with Crippen LogP contribution in [0.25, 0.3) is 0 Å². The Labute approximate surface area is 203 Å². The number of hydrogen-bond donors (Lipinski definition) is 2. The number of amides is 1. The van der Waals surface area contributed by atoms with Crippen LogP contribution in [0.4, 0.5) is 11.4 Å². The standard InChI is InChI=1S/C24H25ClN2O6S/c1-4-32-18-8-6-17(7-9-18)27-34(29,30)19-10-12-22(20(25)14-19)33-15-24(28)26-21-13-16(2)5-11-23(21)31-3/h5-14,27H,4,15H2,1-3H3,(H,26,28). The Balaban J connectivity index is 1.64. The first-order valence-electron chi connectivity index (χ1n) is 10.3. The predicted octanol–water partition coefficient (Wildman–Crippen LogP) is 4.87. The molecule has 0 unspecified atom stereocenters. The zero-order valence-electron chi connectivity index (χ0n) is 18.9. The fourth-order valence-electron chi connectivity index (χ4n) is 3.01. The molecule has 0 saturated carbocycles. The minimum absolute atomic E-state index is 0.0484. The molecule has 0 radical (unpaired) electrons. The van der Waals surface area contributed by atoms with E-state index in [9.17, 15) is 13.2 Å². The fourth-order valence-corrected chi connectivity index (χ4v) is 4.40. The number of hydrogen-bond acceptors (Lipinski definition) is 6. The third-order valence-electron chi connectivity index (χ3n) is 4.62. The molecule has 10 heteroatoms. The second kappa shape index (κ2) is 11.1. The molecule has 0 aliphatic heterocycles. The third kappa shape index (κ3) is 6.55. The summed E-state index contributed by atoms with van der Waals surface area (Å²) in [5, 5.41) is 2.77. The number of sulfonamides is 1. The molecule has 1 amide bonds. The molecule has 3 aromatic carbocycles. The Morgan fingerprint density at radius 2 is 1.68 bits per heavy atom. The highest BCUT2D eigenvalue weighted by Gasteiger charge is 2.17. The fraction of sp³-hybridized carbons (Fsp3) is 0.208. The van der Waals surface area contributed by atoms with Crippen LogP contribution in [-0.4, -0.2) is 34.6 Å². The van der Waals surface area contributed by atoms with Gasteiger partial charge >= 0.3 is 0 Å². The number of rotatable bonds is 10. The van der Waals surface area contributed by atoms with Crippen LogP contribution >= 0.6 is 11.6 Å². The Bertz CT molecular complexity index is 1260. The average molecular weight is 505 g/mol. The van der Waals surface area contributed by atoms with Crippen LogP contribution in [-0.2, 0) is 14.8 Å². The Hall–Kier alpha value is -3.43. The lowest BCUT2D eigenvalue weighted by Crippen LogP contribution is -2.20. The molecule has 0 atom stereocenters. The lowest BCUT2D eigenvalue weighted by Gasteiger charge is -2.13. The van der Waals surface area contributed by atoms with Gasteiger partial charge in [0.1, 0.15) is 17.2 Å². The highest BCUT2D eigenvalue weighted by molar-refractivity contribution is 7.92. The normalized spacial score (nSPS) is 10.9. The van der Waals surface area contributed by atoms with Crippen molar-refractivity contribution < 1.29 is 27.4 Å². The molecular weight excluding hydrogens is 480 g/mol. The van der Waals surface area contributed by atoms with Gasteiger partial charge in [0.15, 0.2) is 6.61 Å². The molecule has 0 aromatic heterocycles. The van der Waals surface area contributed by atoms with Crippen molar-refractivity contribution in [1.29, 1.82) is 0 Å². The molecular formula is C24H25ClN2O6S. The third-order valence-corrected chi connectivity index (χ3v) is 6.29. The Morgan fingerprint density at radius 3 is 2.32 bits per heavy atom. The number of anilines is 2. The first-order valence-corrected chi connectivity index (χ1v) is 12.2. The van der Waals surface area contributed by atoms with E-state index in [-0.39, 0.29) is 22.3 Å². The summed E-state index contributed by atoms with van der Waals surface area (Å²) in [6.07, 6.45) is 0. The monoisotopic (exact) mass is 504 g/mol. The van der Waals surface area contributed by atoms with Gasteiger partial charge in [0.25, 0.3) is 15.9 Å². The number of carbonyl (C=O) groups is 1. The van der Waals surface area contributed by atoms with Crippen LogP contribution < -0.4 is 24.2 Å². The van der Waals surface area contributed by atoms with Crippen molar-refractivity contribution >= 4 is 38.9 Å². The van der Waals surface area contributed by atoms with Gasteiger partial charge in [0.2, 0.25) is 0 Å². The molecule has 0 bridgehead atoms. The van der Waals surface area contributed by atoms with Gasteiger partial charge in [0.05, 0.1) is 29.3 Å². The van der Waals surface area contributed by atoms with Crippen LogP contribution in [0.15, 0.2) is 65.6 Å². The van der Waals surface area contributed by atoms with Gasteiger partial charge in [-0.1, -0.05) is 17.7 Å². The quantitative estimate of drug-likeness (QED) is 0.408. The van der Waals surface area contributed by atoms with Gasteiger partial charge in [-0.3, -0.25) is 9.52 Å². The summed E-state index contributed by atoms with van der Waals surface area (Å²) in [6, 6.07) is 15.9. The average Bonchev–Trinajstić information content (AvgIpc) is 2.79.